The van der Waals surface area contributed by atoms with Gasteiger partial charge in [0.1, 0.15) is 0 Å². The normalized spacial score (nSPS) is 14.8. The van der Waals surface area contributed by atoms with Crippen LogP contribution in [0.15, 0.2) is 36.4 Å². The highest BCUT2D eigenvalue weighted by Gasteiger charge is 2.26. The number of hydrogen-bond donors (Lipinski definition) is 0. The van der Waals surface area contributed by atoms with Crippen molar-refractivity contribution in [3.63, 3.8) is 0 Å². The minimum absolute atomic E-state index is 0.173. The Hall–Kier alpha value is -2.16. The van der Waals surface area contributed by atoms with E-state index in [4.69, 9.17) is 0 Å². The van der Waals surface area contributed by atoms with E-state index in [-0.39, 0.29) is 6.42 Å². The van der Waals surface area contributed by atoms with Crippen molar-refractivity contribution in [3.05, 3.63) is 47.5 Å². The van der Waals surface area contributed by atoms with Crippen LogP contribution in [0.2, 0.25) is 0 Å². The zero-order valence-electron chi connectivity index (χ0n) is 8.40. The Morgan fingerprint density at radius 3 is 2.69 bits per heavy atom. The first kappa shape index (κ1) is 9.09. The number of rotatable bonds is 0. The van der Waals surface area contributed by atoms with E-state index in [0.29, 0.717) is 5.56 Å². The minimum Gasteiger partial charge on any atom is -0.389 e. The molecule has 3 heteroatoms. The van der Waals surface area contributed by atoms with Crippen LogP contribution in [0.1, 0.15) is 15.9 Å². The molecule has 0 spiro atoms. The molecule has 78 valence electrons. The first-order valence-electron chi connectivity index (χ1n) is 5.01. The maximum absolute atomic E-state index is 11.7. The van der Waals surface area contributed by atoms with Crippen molar-refractivity contribution in [3.8, 4) is 0 Å². The van der Waals surface area contributed by atoms with E-state index < -0.39 is 11.9 Å². The van der Waals surface area contributed by atoms with Gasteiger partial charge in [0, 0.05) is 0 Å². The fraction of sp³-hybridized carbons (Fsp3) is 0.0769. The summed E-state index contributed by atoms with van der Waals surface area (Å²) in [5.74, 6) is -1.02. The Bertz CT molecular complexity index is 614. The van der Waals surface area contributed by atoms with Gasteiger partial charge in [-0.3, -0.25) is 4.79 Å². The van der Waals surface area contributed by atoms with Gasteiger partial charge in [0.15, 0.2) is 0 Å². The van der Waals surface area contributed by atoms with Crippen molar-refractivity contribution in [1.82, 2.24) is 0 Å². The molecule has 0 bridgehead atoms. The lowest BCUT2D eigenvalue weighted by atomic mass is 9.96. The maximum atomic E-state index is 11.7. The van der Waals surface area contributed by atoms with Gasteiger partial charge in [-0.05, 0) is 16.3 Å². The quantitative estimate of drug-likeness (QED) is 0.496. The van der Waals surface area contributed by atoms with Crippen LogP contribution in [0.4, 0.5) is 0 Å². The topological polar surface area (TPSA) is 43.4 Å². The molecule has 2 aromatic carbocycles. The smallest absolute Gasteiger partial charge is 0.346 e. The molecule has 16 heavy (non-hydrogen) atoms. The van der Waals surface area contributed by atoms with Gasteiger partial charge >= 0.3 is 11.9 Å². The van der Waals surface area contributed by atoms with E-state index in [1.165, 1.54) is 0 Å². The molecule has 1 aliphatic rings. The van der Waals surface area contributed by atoms with Crippen molar-refractivity contribution in [2.24, 2.45) is 0 Å². The van der Waals surface area contributed by atoms with Crippen molar-refractivity contribution in [1.29, 1.82) is 0 Å². The van der Waals surface area contributed by atoms with Crippen LogP contribution in [0.5, 0.6) is 0 Å². The fourth-order valence-electron chi connectivity index (χ4n) is 2.05. The predicted octanol–water partition coefficient (Wildman–Crippen LogP) is 2.08. The molecule has 0 atom stereocenters. The van der Waals surface area contributed by atoms with Crippen molar-refractivity contribution >= 4 is 22.7 Å². The number of esters is 2. The lowest BCUT2D eigenvalue weighted by Gasteiger charge is -2.15. The van der Waals surface area contributed by atoms with Gasteiger partial charge in [0.05, 0.1) is 12.0 Å². The molecule has 3 rings (SSSR count). The van der Waals surface area contributed by atoms with Gasteiger partial charge in [-0.15, -0.1) is 0 Å². The molecule has 0 fully saturated rings. The van der Waals surface area contributed by atoms with E-state index in [1.807, 2.05) is 36.4 Å². The number of ether oxygens (including phenoxy) is 1. The second-order valence-electron chi connectivity index (χ2n) is 3.76. The average Bonchev–Trinajstić information content (AvgIpc) is 2.28. The molecule has 2 aromatic rings. The molecule has 0 saturated carbocycles. The molecule has 0 N–H and O–H groups in total. The van der Waals surface area contributed by atoms with E-state index in [1.54, 1.807) is 0 Å². The zero-order valence-corrected chi connectivity index (χ0v) is 8.40. The van der Waals surface area contributed by atoms with Gasteiger partial charge in [-0.1, -0.05) is 36.4 Å². The summed E-state index contributed by atoms with van der Waals surface area (Å²) in [5.41, 5.74) is 1.28. The van der Waals surface area contributed by atoms with Gasteiger partial charge < -0.3 is 4.74 Å². The monoisotopic (exact) mass is 212 g/mol. The first-order valence-corrected chi connectivity index (χ1v) is 5.01. The third kappa shape index (κ3) is 1.21. The van der Waals surface area contributed by atoms with Crippen LogP contribution in [0.25, 0.3) is 10.8 Å². The number of benzene rings is 2. The molecule has 1 aliphatic heterocycles. The summed E-state index contributed by atoms with van der Waals surface area (Å²) in [6.07, 6.45) is 0.173. The van der Waals surface area contributed by atoms with Gasteiger partial charge in [0.25, 0.3) is 0 Å². The van der Waals surface area contributed by atoms with Crippen molar-refractivity contribution < 1.29 is 14.3 Å². The summed E-state index contributed by atoms with van der Waals surface area (Å²) in [6, 6.07) is 11.3. The van der Waals surface area contributed by atoms with Crippen LogP contribution >= 0.6 is 0 Å². The Kier molecular flexibility index (Phi) is 1.80. The second-order valence-corrected chi connectivity index (χ2v) is 3.76. The lowest BCUT2D eigenvalue weighted by Crippen LogP contribution is -2.23. The Labute approximate surface area is 91.6 Å². The third-order valence-electron chi connectivity index (χ3n) is 2.76. The molecule has 1 heterocycles. The predicted molar refractivity (Wildman–Crippen MR) is 58.1 cm³/mol. The first-order chi connectivity index (χ1) is 7.75. The molecular formula is C13H8O3. The second kappa shape index (κ2) is 3.17. The van der Waals surface area contributed by atoms with Crippen LogP contribution in [0, 0.1) is 0 Å². The lowest BCUT2D eigenvalue weighted by molar-refractivity contribution is -0.137. The summed E-state index contributed by atoms with van der Waals surface area (Å²) < 4.78 is 4.64. The van der Waals surface area contributed by atoms with Crippen LogP contribution in [-0.4, -0.2) is 11.9 Å². The highest BCUT2D eigenvalue weighted by Crippen LogP contribution is 2.26. The Morgan fingerprint density at radius 1 is 1.00 bits per heavy atom. The van der Waals surface area contributed by atoms with Gasteiger partial charge in [0.2, 0.25) is 0 Å². The number of carbonyl (C=O) groups excluding carboxylic acids is 2. The summed E-state index contributed by atoms with van der Waals surface area (Å²) in [5, 5.41) is 1.82. The summed E-state index contributed by atoms with van der Waals surface area (Å²) >= 11 is 0. The average molecular weight is 212 g/mol. The molecule has 0 amide bonds. The SMILES string of the molecule is O=C1Cc2ccc3ccccc3c2C(=O)O1. The van der Waals surface area contributed by atoms with Crippen molar-refractivity contribution in [2.45, 2.75) is 6.42 Å². The van der Waals surface area contributed by atoms with Crippen LogP contribution in [-0.2, 0) is 16.0 Å². The minimum atomic E-state index is -0.539. The summed E-state index contributed by atoms with van der Waals surface area (Å²) in [6.45, 7) is 0. The van der Waals surface area contributed by atoms with Crippen molar-refractivity contribution in [2.75, 3.05) is 0 Å². The van der Waals surface area contributed by atoms with Gasteiger partial charge in [-0.2, -0.15) is 0 Å². The highest BCUT2D eigenvalue weighted by molar-refractivity contribution is 6.11. The number of cyclic esters (lactones) is 2. The van der Waals surface area contributed by atoms with Gasteiger partial charge in [-0.25, -0.2) is 4.79 Å². The Balaban J connectivity index is 2.38. The fourth-order valence-corrected chi connectivity index (χ4v) is 2.05. The Morgan fingerprint density at radius 2 is 1.81 bits per heavy atom. The molecule has 0 unspecified atom stereocenters. The van der Waals surface area contributed by atoms with E-state index in [0.717, 1.165) is 16.3 Å². The molecule has 0 aromatic heterocycles. The third-order valence-corrected chi connectivity index (χ3v) is 2.76. The van der Waals surface area contributed by atoms with Crippen LogP contribution in [0.3, 0.4) is 0 Å². The van der Waals surface area contributed by atoms with Crippen LogP contribution < -0.4 is 0 Å². The standard InChI is InChI=1S/C13H8O3/c14-11-7-9-6-5-8-3-1-2-4-10(8)12(9)13(15)16-11/h1-6H,7H2. The van der Waals surface area contributed by atoms with E-state index in [9.17, 15) is 9.59 Å². The zero-order chi connectivity index (χ0) is 11.1. The molecule has 3 nitrogen and oxygen atoms in total. The highest BCUT2D eigenvalue weighted by atomic mass is 16.6. The molecular weight excluding hydrogens is 204 g/mol. The van der Waals surface area contributed by atoms with E-state index in [2.05, 4.69) is 4.74 Å². The largest absolute Gasteiger partial charge is 0.389 e. The maximum Gasteiger partial charge on any atom is 0.346 e. The number of fused-ring (bicyclic) bond motifs is 3. The summed E-state index contributed by atoms with van der Waals surface area (Å²) in [4.78, 5) is 22.8. The molecule has 0 saturated heterocycles. The number of hydrogen-bond acceptors (Lipinski definition) is 3. The number of carbonyl (C=O) groups is 2. The van der Waals surface area contributed by atoms with E-state index >= 15 is 0 Å². The summed E-state index contributed by atoms with van der Waals surface area (Å²) in [7, 11) is 0. The molecule has 0 radical (unpaired) electrons. The molecule has 0 aliphatic carbocycles.